The van der Waals surface area contributed by atoms with E-state index in [0.29, 0.717) is 12.1 Å². The summed E-state index contributed by atoms with van der Waals surface area (Å²) in [6.07, 6.45) is 9.33. The molecule has 1 saturated heterocycles. The molecule has 1 atom stereocenters. The topological polar surface area (TPSA) is 45.7 Å². The molecular weight excluding hydrogens is 329 g/mol. The zero-order chi connectivity index (χ0) is 11.2. The summed E-state index contributed by atoms with van der Waals surface area (Å²) in [6, 6.07) is 0.510. The number of nitrogens with zero attached hydrogens (tertiary/aromatic N) is 1. The number of hydrogen-bond donors (Lipinski definition) is 2. The monoisotopic (exact) mass is 351 g/mol. The van der Waals surface area contributed by atoms with Crippen molar-refractivity contribution in [1.29, 1.82) is 0 Å². The van der Waals surface area contributed by atoms with Crippen LogP contribution in [0.2, 0.25) is 0 Å². The van der Waals surface area contributed by atoms with Gasteiger partial charge in [-0.3, -0.25) is 4.99 Å². The molecule has 0 spiro atoms. The van der Waals surface area contributed by atoms with Gasteiger partial charge in [0.25, 0.3) is 0 Å². The largest absolute Gasteiger partial charge is 0.376 e. The average molecular weight is 351 g/mol. The Kier molecular flexibility index (Phi) is 6.87. The third-order valence-electron chi connectivity index (χ3n) is 3.09. The van der Waals surface area contributed by atoms with Gasteiger partial charge in [0, 0.05) is 26.2 Å². The molecule has 4 nitrogen and oxygen atoms in total. The van der Waals surface area contributed by atoms with Crippen LogP contribution in [0.15, 0.2) is 17.1 Å². The molecular formula is C12H22IN3O. The van der Waals surface area contributed by atoms with Crippen LogP contribution in [0, 0.1) is 0 Å². The van der Waals surface area contributed by atoms with E-state index >= 15 is 0 Å². The van der Waals surface area contributed by atoms with E-state index in [4.69, 9.17) is 4.74 Å². The molecule has 5 heteroatoms. The lowest BCUT2D eigenvalue weighted by atomic mass is 10.2. The Bertz CT molecular complexity index is 267. The van der Waals surface area contributed by atoms with E-state index in [9.17, 15) is 0 Å². The third kappa shape index (κ3) is 4.83. The fourth-order valence-electron chi connectivity index (χ4n) is 2.14. The van der Waals surface area contributed by atoms with E-state index in [-0.39, 0.29) is 24.0 Å². The molecule has 0 aromatic carbocycles. The lowest BCUT2D eigenvalue weighted by Gasteiger charge is -2.18. The normalized spacial score (nSPS) is 24.8. The molecule has 0 bridgehead atoms. The first-order valence-corrected chi connectivity index (χ1v) is 6.12. The van der Waals surface area contributed by atoms with Crippen LogP contribution in [0.5, 0.6) is 0 Å². The third-order valence-corrected chi connectivity index (χ3v) is 3.09. The van der Waals surface area contributed by atoms with E-state index in [1.807, 2.05) is 7.05 Å². The molecule has 17 heavy (non-hydrogen) atoms. The van der Waals surface area contributed by atoms with Gasteiger partial charge in [-0.05, 0) is 25.7 Å². The first-order chi connectivity index (χ1) is 7.88. The van der Waals surface area contributed by atoms with E-state index in [1.165, 1.54) is 6.42 Å². The van der Waals surface area contributed by atoms with Crippen molar-refractivity contribution < 1.29 is 4.74 Å². The van der Waals surface area contributed by atoms with Gasteiger partial charge in [-0.15, -0.1) is 24.0 Å². The van der Waals surface area contributed by atoms with Crippen LogP contribution in [0.4, 0.5) is 0 Å². The zero-order valence-corrected chi connectivity index (χ0v) is 12.6. The van der Waals surface area contributed by atoms with Crippen molar-refractivity contribution in [1.82, 2.24) is 10.6 Å². The molecule has 2 aliphatic rings. The molecule has 0 aromatic rings. The van der Waals surface area contributed by atoms with E-state index in [1.54, 1.807) is 0 Å². The molecule has 1 aliphatic heterocycles. The Morgan fingerprint density at radius 1 is 1.41 bits per heavy atom. The quantitative estimate of drug-likeness (QED) is 0.352. The number of nitrogens with one attached hydrogen (secondary N) is 2. The fraction of sp³-hybridized carbons (Fsp3) is 0.750. The van der Waals surface area contributed by atoms with Crippen molar-refractivity contribution in [3.63, 3.8) is 0 Å². The van der Waals surface area contributed by atoms with Gasteiger partial charge in [0.2, 0.25) is 0 Å². The molecule has 0 amide bonds. The van der Waals surface area contributed by atoms with Gasteiger partial charge < -0.3 is 15.4 Å². The van der Waals surface area contributed by atoms with Gasteiger partial charge in [0.1, 0.15) is 0 Å². The average Bonchev–Trinajstić information content (AvgIpc) is 2.97. The lowest BCUT2D eigenvalue weighted by Crippen LogP contribution is -2.44. The number of rotatable bonds is 3. The Labute approximate surface area is 120 Å². The molecule has 1 unspecified atom stereocenters. The second-order valence-electron chi connectivity index (χ2n) is 4.37. The van der Waals surface area contributed by atoms with E-state index < -0.39 is 0 Å². The Morgan fingerprint density at radius 2 is 2.18 bits per heavy atom. The van der Waals surface area contributed by atoms with Crippen LogP contribution >= 0.6 is 24.0 Å². The highest BCUT2D eigenvalue weighted by atomic mass is 127. The van der Waals surface area contributed by atoms with Crippen molar-refractivity contribution in [3.05, 3.63) is 12.2 Å². The molecule has 0 radical (unpaired) electrons. The molecule has 0 saturated carbocycles. The van der Waals surface area contributed by atoms with E-state index in [2.05, 4.69) is 27.8 Å². The standard InChI is InChI=1S/C12H21N3O.HI/c1-13-12(15-10-5-2-3-6-10)14-9-11-7-4-8-16-11;/h2-3,10-11H,4-9H2,1H3,(H2,13,14,15);1H. The first kappa shape index (κ1) is 14.8. The number of hydrogen-bond acceptors (Lipinski definition) is 2. The molecule has 1 fully saturated rings. The van der Waals surface area contributed by atoms with Crippen molar-refractivity contribution in [2.45, 2.75) is 37.8 Å². The minimum Gasteiger partial charge on any atom is -0.376 e. The maximum absolute atomic E-state index is 5.56. The SMILES string of the molecule is CN=C(NCC1CCCO1)NC1CC=CC1.I. The summed E-state index contributed by atoms with van der Waals surface area (Å²) < 4.78 is 5.56. The van der Waals surface area contributed by atoms with Crippen LogP contribution in [0.3, 0.4) is 0 Å². The number of halogens is 1. The predicted octanol–water partition coefficient (Wildman–Crippen LogP) is 1.67. The second-order valence-corrected chi connectivity index (χ2v) is 4.37. The number of ether oxygens (including phenoxy) is 1. The maximum atomic E-state index is 5.56. The first-order valence-electron chi connectivity index (χ1n) is 6.12. The summed E-state index contributed by atoms with van der Waals surface area (Å²) >= 11 is 0. The van der Waals surface area contributed by atoms with E-state index in [0.717, 1.165) is 38.4 Å². The van der Waals surface area contributed by atoms with Gasteiger partial charge >= 0.3 is 0 Å². The van der Waals surface area contributed by atoms with Crippen LogP contribution in [0.1, 0.15) is 25.7 Å². The highest BCUT2D eigenvalue weighted by Crippen LogP contribution is 2.11. The van der Waals surface area contributed by atoms with Crippen LogP contribution in [0.25, 0.3) is 0 Å². The Morgan fingerprint density at radius 3 is 2.76 bits per heavy atom. The lowest BCUT2D eigenvalue weighted by molar-refractivity contribution is 0.113. The van der Waals surface area contributed by atoms with Crippen LogP contribution < -0.4 is 10.6 Å². The highest BCUT2D eigenvalue weighted by molar-refractivity contribution is 14.0. The summed E-state index contributed by atoms with van der Waals surface area (Å²) in [4.78, 5) is 4.22. The minimum atomic E-state index is 0. The number of guanidine groups is 1. The molecule has 1 heterocycles. The van der Waals surface area contributed by atoms with Gasteiger partial charge in [-0.25, -0.2) is 0 Å². The highest BCUT2D eigenvalue weighted by Gasteiger charge is 2.16. The van der Waals surface area contributed by atoms with Gasteiger partial charge in [0.05, 0.1) is 6.10 Å². The zero-order valence-electron chi connectivity index (χ0n) is 10.3. The van der Waals surface area contributed by atoms with Gasteiger partial charge in [-0.1, -0.05) is 12.2 Å². The molecule has 1 aliphatic carbocycles. The molecule has 98 valence electrons. The van der Waals surface area contributed by atoms with Crippen molar-refractivity contribution in [2.75, 3.05) is 20.2 Å². The summed E-state index contributed by atoms with van der Waals surface area (Å²) in [6.45, 7) is 1.77. The Balaban J connectivity index is 0.00000144. The van der Waals surface area contributed by atoms with Crippen molar-refractivity contribution in [3.8, 4) is 0 Å². The van der Waals surface area contributed by atoms with Gasteiger partial charge in [-0.2, -0.15) is 0 Å². The summed E-state index contributed by atoms with van der Waals surface area (Å²) in [5, 5.41) is 6.73. The molecule has 2 N–H and O–H groups in total. The Hall–Kier alpha value is -0.300. The smallest absolute Gasteiger partial charge is 0.191 e. The summed E-state index contributed by atoms with van der Waals surface area (Å²) in [5.41, 5.74) is 0. The van der Waals surface area contributed by atoms with Crippen molar-refractivity contribution in [2.24, 2.45) is 4.99 Å². The van der Waals surface area contributed by atoms with Crippen LogP contribution in [-0.2, 0) is 4.74 Å². The summed E-state index contributed by atoms with van der Waals surface area (Å²) in [7, 11) is 1.81. The van der Waals surface area contributed by atoms with Crippen molar-refractivity contribution >= 4 is 29.9 Å². The molecule has 0 aromatic heterocycles. The second kappa shape index (κ2) is 7.92. The van der Waals surface area contributed by atoms with Crippen LogP contribution in [-0.4, -0.2) is 38.3 Å². The number of aliphatic imine (C=N–C) groups is 1. The fourth-order valence-corrected chi connectivity index (χ4v) is 2.14. The predicted molar refractivity (Wildman–Crippen MR) is 81.0 cm³/mol. The van der Waals surface area contributed by atoms with Gasteiger partial charge in [0.15, 0.2) is 5.96 Å². The summed E-state index contributed by atoms with van der Waals surface area (Å²) in [5.74, 6) is 0.893. The molecule has 2 rings (SSSR count). The minimum absolute atomic E-state index is 0. The maximum Gasteiger partial charge on any atom is 0.191 e.